The van der Waals surface area contributed by atoms with Crippen LogP contribution < -0.4 is 10.7 Å². The molecule has 1 radical (unpaired) electrons. The minimum atomic E-state index is -4.84. The zero-order chi connectivity index (χ0) is 23.9. The van der Waals surface area contributed by atoms with E-state index >= 15 is 0 Å². The fourth-order valence-electron chi connectivity index (χ4n) is 3.24. The molecule has 0 saturated heterocycles. The van der Waals surface area contributed by atoms with Crippen molar-refractivity contribution in [3.05, 3.63) is 121 Å². The first-order chi connectivity index (χ1) is 15.7. The Kier molecular flexibility index (Phi) is 8.34. The molecule has 0 spiro atoms. The number of hydrogen-bond donors (Lipinski definition) is 1. The van der Waals surface area contributed by atoms with Crippen molar-refractivity contribution in [1.82, 2.24) is 0 Å². The van der Waals surface area contributed by atoms with Crippen molar-refractivity contribution < 1.29 is 26.1 Å². The second-order valence-electron chi connectivity index (χ2n) is 6.94. The maximum absolute atomic E-state index is 12.2. The summed E-state index contributed by atoms with van der Waals surface area (Å²) in [5.41, 5.74) is -1.37. The summed E-state index contributed by atoms with van der Waals surface area (Å²) < 4.78 is 70.8. The molecule has 8 heteroatoms. The summed E-state index contributed by atoms with van der Waals surface area (Å²) in [5, 5.41) is 0. The van der Waals surface area contributed by atoms with Gasteiger partial charge in [0.05, 0.1) is 5.56 Å². The van der Waals surface area contributed by atoms with Crippen molar-refractivity contribution in [2.24, 2.45) is 0 Å². The molecule has 0 aromatic heterocycles. The van der Waals surface area contributed by atoms with Crippen LogP contribution in [0.15, 0.2) is 120 Å². The number of rotatable bonds is 4. The average Bonchev–Trinajstić information content (AvgIpc) is 2.81. The van der Waals surface area contributed by atoms with Crippen LogP contribution in [0.2, 0.25) is 0 Å². The molecule has 0 aliphatic rings. The first kappa shape index (κ1) is 25.0. The van der Waals surface area contributed by atoms with Gasteiger partial charge >= 0.3 is 128 Å². The molecule has 169 valence electrons. The molecule has 1 N–H and O–H groups in total. The van der Waals surface area contributed by atoms with E-state index in [1.807, 2.05) is 0 Å². The van der Waals surface area contributed by atoms with E-state index in [4.69, 9.17) is 4.55 Å². The van der Waals surface area contributed by atoms with E-state index in [2.05, 4.69) is 91.0 Å². The van der Waals surface area contributed by atoms with Gasteiger partial charge in [0.15, 0.2) is 0 Å². The molecular formula is C25H20F3O3SSn. The number of alkyl halides is 3. The van der Waals surface area contributed by atoms with Crippen LogP contribution >= 0.6 is 0 Å². The summed E-state index contributed by atoms with van der Waals surface area (Å²) in [5.74, 6) is 0. The molecule has 0 aliphatic carbocycles. The van der Waals surface area contributed by atoms with E-state index < -0.39 is 46.5 Å². The predicted molar refractivity (Wildman–Crippen MR) is 125 cm³/mol. The molecule has 0 aliphatic heterocycles. The van der Waals surface area contributed by atoms with Crippen molar-refractivity contribution in [3.63, 3.8) is 0 Å². The van der Waals surface area contributed by atoms with Gasteiger partial charge in [0, 0.05) is 0 Å². The van der Waals surface area contributed by atoms with E-state index in [0.717, 1.165) is 12.1 Å². The van der Waals surface area contributed by atoms with E-state index in [0.29, 0.717) is 12.1 Å². The van der Waals surface area contributed by atoms with Gasteiger partial charge in [-0.2, -0.15) is 21.6 Å². The Morgan fingerprint density at radius 2 is 0.909 bits per heavy atom. The van der Waals surface area contributed by atoms with E-state index in [-0.39, 0.29) is 0 Å². The van der Waals surface area contributed by atoms with Crippen LogP contribution in [0.1, 0.15) is 5.56 Å². The minimum absolute atomic E-state index is 0.586. The second kappa shape index (κ2) is 11.0. The fourth-order valence-corrected chi connectivity index (χ4v) is 11.3. The molecule has 4 rings (SSSR count). The molecule has 0 amide bonds. The van der Waals surface area contributed by atoms with Gasteiger partial charge < -0.3 is 0 Å². The van der Waals surface area contributed by atoms with E-state index in [1.54, 1.807) is 0 Å². The Hall–Kier alpha value is -2.62. The van der Waals surface area contributed by atoms with Gasteiger partial charge in [-0.3, -0.25) is 4.55 Å². The van der Waals surface area contributed by atoms with E-state index in [1.165, 1.54) is 10.7 Å². The molecule has 4 aromatic rings. The second-order valence-corrected chi connectivity index (χ2v) is 15.4. The van der Waals surface area contributed by atoms with Gasteiger partial charge in [-0.15, -0.1) is 0 Å². The van der Waals surface area contributed by atoms with Gasteiger partial charge in [0.25, 0.3) is 10.1 Å². The van der Waals surface area contributed by atoms with Gasteiger partial charge in [-0.25, -0.2) is 0 Å². The Morgan fingerprint density at radius 3 is 1.21 bits per heavy atom. The van der Waals surface area contributed by atoms with Crippen LogP contribution in [0, 0.1) is 0 Å². The first-order valence-corrected chi connectivity index (χ1v) is 15.6. The zero-order valence-electron chi connectivity index (χ0n) is 17.3. The first-order valence-electron chi connectivity index (χ1n) is 9.85. The molecule has 0 saturated carbocycles. The summed E-state index contributed by atoms with van der Waals surface area (Å²) in [4.78, 5) is -1.13. The Bertz CT molecular complexity index is 1170. The van der Waals surface area contributed by atoms with Crippen LogP contribution in [-0.4, -0.2) is 32.7 Å². The predicted octanol–water partition coefficient (Wildman–Crippen LogP) is 4.15. The summed E-state index contributed by atoms with van der Waals surface area (Å²) in [6, 6.07) is 36.4. The Morgan fingerprint density at radius 1 is 0.576 bits per heavy atom. The third-order valence-corrected chi connectivity index (χ3v) is 13.4. The third kappa shape index (κ3) is 6.93. The van der Waals surface area contributed by atoms with Gasteiger partial charge in [0.1, 0.15) is 4.90 Å². The van der Waals surface area contributed by atoms with Crippen LogP contribution in [0.4, 0.5) is 13.2 Å². The summed E-state index contributed by atoms with van der Waals surface area (Å²) in [7, 11) is -4.84. The van der Waals surface area contributed by atoms with Gasteiger partial charge in [0.2, 0.25) is 0 Å². The molecule has 0 atom stereocenters. The average molecular weight is 576 g/mol. The van der Waals surface area contributed by atoms with E-state index in [9.17, 15) is 21.6 Å². The number of halogens is 3. The zero-order valence-corrected chi connectivity index (χ0v) is 20.9. The standard InChI is InChI=1S/C7H5F3O3S.3C6H5.Sn/c8-7(9,10)5-3-1-2-4-6(5)14(11,12)13;3*1-2-4-6-5-3-1;/h1-4H,(H,11,12,13);3*1-5H;. The maximum atomic E-state index is 12.2. The topological polar surface area (TPSA) is 54.4 Å². The third-order valence-electron chi connectivity index (χ3n) is 4.66. The monoisotopic (exact) mass is 577 g/mol. The quantitative estimate of drug-likeness (QED) is 0.294. The molecule has 33 heavy (non-hydrogen) atoms. The van der Waals surface area contributed by atoms with Crippen LogP contribution in [0.25, 0.3) is 0 Å². The Balaban J connectivity index is 0.000000196. The number of benzene rings is 4. The number of hydrogen-bond acceptors (Lipinski definition) is 2. The summed E-state index contributed by atoms with van der Waals surface area (Å²) >= 11 is -1.98. The SMILES string of the molecule is O=S(=O)(O)c1ccccc1C(F)(F)F.c1cc[c]([Sn]([c]2ccccc2)[c]2ccccc2)cc1. The van der Waals surface area contributed by atoms with Gasteiger partial charge in [-0.1, -0.05) is 12.1 Å². The Labute approximate surface area is 198 Å². The van der Waals surface area contributed by atoms with Crippen molar-refractivity contribution in [1.29, 1.82) is 0 Å². The van der Waals surface area contributed by atoms with Crippen LogP contribution in [0.3, 0.4) is 0 Å². The van der Waals surface area contributed by atoms with Crippen molar-refractivity contribution >= 4 is 40.6 Å². The van der Waals surface area contributed by atoms with Gasteiger partial charge in [-0.05, 0) is 12.1 Å². The molecule has 0 unspecified atom stereocenters. The van der Waals surface area contributed by atoms with Crippen molar-refractivity contribution in [2.75, 3.05) is 0 Å². The summed E-state index contributed by atoms with van der Waals surface area (Å²) in [6.07, 6.45) is -4.80. The normalized spacial score (nSPS) is 11.5. The summed E-state index contributed by atoms with van der Waals surface area (Å²) in [6.45, 7) is 0. The van der Waals surface area contributed by atoms with Crippen molar-refractivity contribution in [3.8, 4) is 0 Å². The molecule has 0 heterocycles. The van der Waals surface area contributed by atoms with Crippen LogP contribution in [0.5, 0.6) is 0 Å². The van der Waals surface area contributed by atoms with Crippen LogP contribution in [-0.2, 0) is 16.3 Å². The molecule has 0 fully saturated rings. The molecular weight excluding hydrogens is 556 g/mol. The molecule has 0 bridgehead atoms. The van der Waals surface area contributed by atoms with Crippen molar-refractivity contribution in [2.45, 2.75) is 11.1 Å². The molecule has 4 aromatic carbocycles. The fraction of sp³-hybridized carbons (Fsp3) is 0.0400. The molecule has 3 nitrogen and oxygen atoms in total.